The number of aromatic nitrogens is 2. The zero-order valence-electron chi connectivity index (χ0n) is 15.0. The quantitative estimate of drug-likeness (QED) is 0.915. The number of hydrogen-bond donors (Lipinski definition) is 1. The normalized spacial score (nSPS) is 12.9. The van der Waals surface area contributed by atoms with Crippen LogP contribution in [0.25, 0.3) is 0 Å². The van der Waals surface area contributed by atoms with Crippen molar-refractivity contribution in [1.82, 2.24) is 9.78 Å². The summed E-state index contributed by atoms with van der Waals surface area (Å²) in [6.45, 7) is 10.5. The molecule has 0 amide bonds. The molecule has 0 saturated carbocycles. The maximum Gasteiger partial charge on any atom is 0.266 e. The predicted molar refractivity (Wildman–Crippen MR) is 94.6 cm³/mol. The van der Waals surface area contributed by atoms with Crippen LogP contribution in [0.5, 0.6) is 5.75 Å². The van der Waals surface area contributed by atoms with Crippen molar-refractivity contribution in [2.24, 2.45) is 0 Å². The van der Waals surface area contributed by atoms with E-state index in [0.29, 0.717) is 0 Å². The van der Waals surface area contributed by atoms with Gasteiger partial charge in [0.15, 0.2) is 0 Å². The summed E-state index contributed by atoms with van der Waals surface area (Å²) in [5.74, 6) is 0.742. The maximum atomic E-state index is 11.7. The molecule has 1 unspecified atom stereocenters. The molecule has 0 aliphatic rings. The van der Waals surface area contributed by atoms with E-state index in [1.54, 1.807) is 13.0 Å². The molecule has 1 heterocycles. The van der Waals surface area contributed by atoms with E-state index in [9.17, 15) is 9.90 Å². The van der Waals surface area contributed by atoms with E-state index < -0.39 is 6.10 Å². The van der Waals surface area contributed by atoms with Gasteiger partial charge in [-0.3, -0.25) is 4.79 Å². The molecular weight excluding hydrogens is 304 g/mol. The SMILES string of the molecule is Cc1ccc(=O)n(CC(O)COc2ccc(C(C)(C)C)cc2C)n1. The summed E-state index contributed by atoms with van der Waals surface area (Å²) in [6, 6.07) is 9.18. The molecule has 1 N–H and O–H groups in total. The van der Waals surface area contributed by atoms with Gasteiger partial charge < -0.3 is 9.84 Å². The van der Waals surface area contributed by atoms with E-state index in [0.717, 1.165) is 17.0 Å². The van der Waals surface area contributed by atoms with Gasteiger partial charge in [-0.25, -0.2) is 4.68 Å². The molecule has 0 aliphatic heterocycles. The number of rotatable bonds is 5. The number of aryl methyl sites for hydroxylation is 2. The van der Waals surface area contributed by atoms with Crippen LogP contribution < -0.4 is 10.3 Å². The Kier molecular flexibility index (Phi) is 5.44. The van der Waals surface area contributed by atoms with E-state index >= 15 is 0 Å². The third-order valence-electron chi connectivity index (χ3n) is 3.86. The van der Waals surface area contributed by atoms with Crippen LogP contribution in [-0.2, 0) is 12.0 Å². The van der Waals surface area contributed by atoms with Crippen LogP contribution in [0.15, 0.2) is 35.1 Å². The summed E-state index contributed by atoms with van der Waals surface area (Å²) in [6.07, 6.45) is -0.807. The first-order valence-electron chi connectivity index (χ1n) is 8.13. The first kappa shape index (κ1) is 18.2. The Hall–Kier alpha value is -2.14. The Morgan fingerprint density at radius 2 is 1.92 bits per heavy atom. The zero-order chi connectivity index (χ0) is 17.9. The fourth-order valence-corrected chi connectivity index (χ4v) is 2.40. The molecule has 0 aliphatic carbocycles. The van der Waals surface area contributed by atoms with Crippen LogP contribution in [0.3, 0.4) is 0 Å². The Morgan fingerprint density at radius 3 is 2.54 bits per heavy atom. The van der Waals surface area contributed by atoms with Gasteiger partial charge in [0.05, 0.1) is 12.2 Å². The standard InChI is InChI=1S/C19H26N2O3/c1-13-10-15(19(3,4)5)7-8-17(13)24-12-16(22)11-21-18(23)9-6-14(2)20-21/h6-10,16,22H,11-12H2,1-5H3. The van der Waals surface area contributed by atoms with E-state index in [1.165, 1.54) is 16.3 Å². The fraction of sp³-hybridized carbons (Fsp3) is 0.474. The summed E-state index contributed by atoms with van der Waals surface area (Å²) in [5.41, 5.74) is 2.85. The van der Waals surface area contributed by atoms with Crippen LogP contribution in [0, 0.1) is 13.8 Å². The second kappa shape index (κ2) is 7.18. The second-order valence-corrected chi connectivity index (χ2v) is 7.19. The lowest BCUT2D eigenvalue weighted by Crippen LogP contribution is -2.31. The average molecular weight is 330 g/mol. The lowest BCUT2D eigenvalue weighted by molar-refractivity contribution is 0.0875. The van der Waals surface area contributed by atoms with Crippen molar-refractivity contribution in [3.63, 3.8) is 0 Å². The molecular formula is C19H26N2O3. The number of benzene rings is 1. The van der Waals surface area contributed by atoms with Crippen molar-refractivity contribution in [2.45, 2.75) is 52.7 Å². The second-order valence-electron chi connectivity index (χ2n) is 7.19. The third-order valence-corrected chi connectivity index (χ3v) is 3.86. The van der Waals surface area contributed by atoms with E-state index in [1.807, 2.05) is 19.1 Å². The molecule has 0 saturated heterocycles. The average Bonchev–Trinajstić information content (AvgIpc) is 2.48. The zero-order valence-corrected chi connectivity index (χ0v) is 15.0. The lowest BCUT2D eigenvalue weighted by atomic mass is 9.86. The highest BCUT2D eigenvalue weighted by Gasteiger charge is 2.15. The Bertz CT molecular complexity index is 760. The third kappa shape index (κ3) is 4.68. The Balaban J connectivity index is 2.00. The molecule has 1 aromatic carbocycles. The summed E-state index contributed by atoms with van der Waals surface area (Å²) in [5, 5.41) is 14.2. The molecule has 1 aromatic heterocycles. The number of aliphatic hydroxyl groups is 1. The minimum atomic E-state index is -0.807. The summed E-state index contributed by atoms with van der Waals surface area (Å²) in [4.78, 5) is 11.7. The Morgan fingerprint density at radius 1 is 1.21 bits per heavy atom. The molecule has 0 bridgehead atoms. The van der Waals surface area contributed by atoms with Crippen LogP contribution in [0.2, 0.25) is 0 Å². The Labute approximate surface area is 142 Å². The summed E-state index contributed by atoms with van der Waals surface area (Å²) in [7, 11) is 0. The van der Waals surface area contributed by atoms with Gasteiger partial charge in [-0.05, 0) is 42.5 Å². The number of ether oxygens (including phenoxy) is 1. The smallest absolute Gasteiger partial charge is 0.266 e. The highest BCUT2D eigenvalue weighted by molar-refractivity contribution is 5.38. The minimum Gasteiger partial charge on any atom is -0.491 e. The number of hydrogen-bond acceptors (Lipinski definition) is 4. The van der Waals surface area contributed by atoms with Gasteiger partial charge in [0.1, 0.15) is 18.5 Å². The molecule has 130 valence electrons. The van der Waals surface area contributed by atoms with Gasteiger partial charge in [0, 0.05) is 6.07 Å². The molecule has 0 radical (unpaired) electrons. The van der Waals surface area contributed by atoms with Gasteiger partial charge in [-0.15, -0.1) is 0 Å². The molecule has 24 heavy (non-hydrogen) atoms. The topological polar surface area (TPSA) is 64.4 Å². The first-order chi connectivity index (χ1) is 11.2. The monoisotopic (exact) mass is 330 g/mol. The van der Waals surface area contributed by atoms with Gasteiger partial charge in [-0.1, -0.05) is 32.9 Å². The summed E-state index contributed by atoms with van der Waals surface area (Å²) < 4.78 is 6.98. The molecule has 1 atom stereocenters. The minimum absolute atomic E-state index is 0.0841. The van der Waals surface area contributed by atoms with Gasteiger partial charge in [-0.2, -0.15) is 5.10 Å². The number of aliphatic hydroxyl groups excluding tert-OH is 1. The van der Waals surface area contributed by atoms with E-state index in [4.69, 9.17) is 4.74 Å². The molecule has 0 fully saturated rings. The van der Waals surface area contributed by atoms with Crippen LogP contribution in [0.1, 0.15) is 37.6 Å². The van der Waals surface area contributed by atoms with Crippen LogP contribution in [0.4, 0.5) is 0 Å². The van der Waals surface area contributed by atoms with Gasteiger partial charge >= 0.3 is 0 Å². The largest absolute Gasteiger partial charge is 0.491 e. The van der Waals surface area contributed by atoms with Gasteiger partial charge in [0.2, 0.25) is 0 Å². The molecule has 2 rings (SSSR count). The number of nitrogens with zero attached hydrogens (tertiary/aromatic N) is 2. The van der Waals surface area contributed by atoms with Crippen molar-refractivity contribution < 1.29 is 9.84 Å². The van der Waals surface area contributed by atoms with Crippen LogP contribution in [-0.4, -0.2) is 27.6 Å². The lowest BCUT2D eigenvalue weighted by Gasteiger charge is -2.21. The fourth-order valence-electron chi connectivity index (χ4n) is 2.40. The molecule has 5 nitrogen and oxygen atoms in total. The first-order valence-corrected chi connectivity index (χ1v) is 8.13. The van der Waals surface area contributed by atoms with Crippen molar-refractivity contribution in [1.29, 1.82) is 0 Å². The van der Waals surface area contributed by atoms with Crippen molar-refractivity contribution in [3.05, 3.63) is 57.5 Å². The highest BCUT2D eigenvalue weighted by Crippen LogP contribution is 2.27. The van der Waals surface area contributed by atoms with Gasteiger partial charge in [0.25, 0.3) is 5.56 Å². The van der Waals surface area contributed by atoms with E-state index in [-0.39, 0.29) is 24.1 Å². The van der Waals surface area contributed by atoms with Crippen molar-refractivity contribution in [3.8, 4) is 5.75 Å². The van der Waals surface area contributed by atoms with E-state index in [2.05, 4.69) is 31.9 Å². The maximum absolute atomic E-state index is 11.7. The van der Waals surface area contributed by atoms with Crippen LogP contribution >= 0.6 is 0 Å². The molecule has 0 spiro atoms. The molecule has 5 heteroatoms. The predicted octanol–water partition coefficient (Wildman–Crippen LogP) is 2.60. The van der Waals surface area contributed by atoms with Crippen molar-refractivity contribution in [2.75, 3.05) is 6.61 Å². The molecule has 2 aromatic rings. The summed E-state index contributed by atoms with van der Waals surface area (Å²) >= 11 is 0. The highest BCUT2D eigenvalue weighted by atomic mass is 16.5. The van der Waals surface area contributed by atoms with Crippen molar-refractivity contribution >= 4 is 0 Å².